The molecule has 2 aromatic rings. The van der Waals surface area contributed by atoms with Gasteiger partial charge in [-0.1, -0.05) is 23.4 Å². The number of hydrogen-bond donors (Lipinski definition) is 1. The highest BCUT2D eigenvalue weighted by atomic mass is 35.5. The number of carbonyl (C=O) groups is 1. The monoisotopic (exact) mass is 325 g/mol. The molecule has 112 valence electrons. The Balaban J connectivity index is 1.98. The predicted molar refractivity (Wildman–Crippen MR) is 83.7 cm³/mol. The minimum atomic E-state index is -0.161. The lowest BCUT2D eigenvalue weighted by Crippen LogP contribution is -2.15. The third-order valence-electron chi connectivity index (χ3n) is 2.72. The molecule has 21 heavy (non-hydrogen) atoms. The molecule has 0 aromatic carbocycles. The van der Waals surface area contributed by atoms with Crippen LogP contribution < -0.4 is 5.32 Å². The second-order valence-corrected chi connectivity index (χ2v) is 5.97. The smallest absolute Gasteiger partial charge is 0.234 e. The number of aryl methyl sites for hydroxylation is 1. The largest absolute Gasteiger partial charge is 0.323 e. The van der Waals surface area contributed by atoms with E-state index in [1.807, 2.05) is 11.5 Å². The highest BCUT2D eigenvalue weighted by Crippen LogP contribution is 2.22. The van der Waals surface area contributed by atoms with Crippen LogP contribution >= 0.6 is 23.4 Å². The molecule has 0 radical (unpaired) electrons. The minimum absolute atomic E-state index is 0.161. The third-order valence-corrected chi connectivity index (χ3v) is 3.96. The standard InChI is InChI=1S/C13H16ClN5OS/c1-8(2)19-9(3)17-18-13(19)21-7-11(20)16-10-5-4-6-15-12(10)14/h4-6,8H,7H2,1-3H3,(H,16,20). The molecule has 1 N–H and O–H groups in total. The third kappa shape index (κ3) is 3.95. The number of pyridine rings is 1. The lowest BCUT2D eigenvalue weighted by molar-refractivity contribution is -0.113. The topological polar surface area (TPSA) is 72.7 Å². The number of nitrogens with zero attached hydrogens (tertiary/aromatic N) is 4. The van der Waals surface area contributed by atoms with Crippen LogP contribution in [0.1, 0.15) is 25.7 Å². The van der Waals surface area contributed by atoms with Crippen molar-refractivity contribution in [1.29, 1.82) is 0 Å². The molecule has 8 heteroatoms. The SMILES string of the molecule is Cc1nnc(SCC(=O)Nc2cccnc2Cl)n1C(C)C. The summed E-state index contributed by atoms with van der Waals surface area (Å²) < 4.78 is 2.00. The molecule has 0 fully saturated rings. The van der Waals surface area contributed by atoms with E-state index < -0.39 is 0 Å². The molecule has 2 rings (SSSR count). The average molecular weight is 326 g/mol. The maximum atomic E-state index is 12.0. The summed E-state index contributed by atoms with van der Waals surface area (Å²) in [7, 11) is 0. The lowest BCUT2D eigenvalue weighted by atomic mass is 10.4. The summed E-state index contributed by atoms with van der Waals surface area (Å²) in [6, 6.07) is 3.67. The summed E-state index contributed by atoms with van der Waals surface area (Å²) >= 11 is 7.24. The van der Waals surface area contributed by atoms with Crippen LogP contribution in [0.2, 0.25) is 5.15 Å². The van der Waals surface area contributed by atoms with Crippen molar-refractivity contribution in [2.45, 2.75) is 32.0 Å². The van der Waals surface area contributed by atoms with Crippen LogP contribution in [0.3, 0.4) is 0 Å². The molecular weight excluding hydrogens is 310 g/mol. The number of rotatable bonds is 5. The summed E-state index contributed by atoms with van der Waals surface area (Å²) in [5.74, 6) is 0.907. The number of nitrogens with one attached hydrogen (secondary N) is 1. The van der Waals surface area contributed by atoms with Gasteiger partial charge in [-0.05, 0) is 32.9 Å². The predicted octanol–water partition coefficient (Wildman–Crippen LogP) is 2.95. The zero-order chi connectivity index (χ0) is 15.4. The Labute approximate surface area is 132 Å². The van der Waals surface area contributed by atoms with Crippen molar-refractivity contribution >= 4 is 35.0 Å². The summed E-state index contributed by atoms with van der Waals surface area (Å²) in [5.41, 5.74) is 0.506. The van der Waals surface area contributed by atoms with E-state index in [1.54, 1.807) is 18.3 Å². The van der Waals surface area contributed by atoms with Gasteiger partial charge in [0.1, 0.15) is 5.82 Å². The highest BCUT2D eigenvalue weighted by Gasteiger charge is 2.14. The van der Waals surface area contributed by atoms with Crippen LogP contribution in [0, 0.1) is 6.92 Å². The van der Waals surface area contributed by atoms with E-state index in [1.165, 1.54) is 11.8 Å². The summed E-state index contributed by atoms with van der Waals surface area (Å²) in [6.07, 6.45) is 1.57. The molecule has 6 nitrogen and oxygen atoms in total. The van der Waals surface area contributed by atoms with Gasteiger partial charge in [-0.15, -0.1) is 10.2 Å². The van der Waals surface area contributed by atoms with E-state index >= 15 is 0 Å². The first-order valence-corrected chi connectivity index (χ1v) is 7.80. The van der Waals surface area contributed by atoms with Gasteiger partial charge in [0.05, 0.1) is 11.4 Å². The molecule has 0 aliphatic rings. The summed E-state index contributed by atoms with van der Waals surface area (Å²) in [5, 5.41) is 11.9. The van der Waals surface area contributed by atoms with Crippen molar-refractivity contribution in [3.8, 4) is 0 Å². The number of amides is 1. The molecule has 0 bridgehead atoms. The molecule has 0 unspecified atom stereocenters. The van der Waals surface area contributed by atoms with Gasteiger partial charge in [0, 0.05) is 12.2 Å². The van der Waals surface area contributed by atoms with Crippen molar-refractivity contribution < 1.29 is 4.79 Å². The number of hydrogen-bond acceptors (Lipinski definition) is 5. The van der Waals surface area contributed by atoms with Gasteiger partial charge < -0.3 is 9.88 Å². The molecule has 0 atom stereocenters. The summed E-state index contributed by atoms with van der Waals surface area (Å²) in [6.45, 7) is 6.00. The van der Waals surface area contributed by atoms with Gasteiger partial charge in [0.2, 0.25) is 5.91 Å². The Hall–Kier alpha value is -1.60. The van der Waals surface area contributed by atoms with Crippen LogP contribution in [0.5, 0.6) is 0 Å². The van der Waals surface area contributed by atoms with E-state index in [9.17, 15) is 4.79 Å². The van der Waals surface area contributed by atoms with Crippen molar-refractivity contribution in [2.75, 3.05) is 11.1 Å². The summed E-state index contributed by atoms with van der Waals surface area (Å²) in [4.78, 5) is 15.9. The highest BCUT2D eigenvalue weighted by molar-refractivity contribution is 7.99. The van der Waals surface area contributed by atoms with Gasteiger partial charge in [-0.25, -0.2) is 4.98 Å². The average Bonchev–Trinajstić information content (AvgIpc) is 2.80. The first kappa shape index (κ1) is 15.8. The Bertz CT molecular complexity index is 643. The van der Waals surface area contributed by atoms with E-state index in [0.29, 0.717) is 5.69 Å². The lowest BCUT2D eigenvalue weighted by Gasteiger charge is -2.11. The van der Waals surface area contributed by atoms with Crippen LogP contribution in [-0.2, 0) is 4.79 Å². The Morgan fingerprint density at radius 1 is 1.48 bits per heavy atom. The van der Waals surface area contributed by atoms with Crippen molar-refractivity contribution in [1.82, 2.24) is 19.7 Å². The number of anilines is 1. The van der Waals surface area contributed by atoms with Gasteiger partial charge in [-0.3, -0.25) is 4.79 Å². The Kier molecular flexibility index (Phi) is 5.19. The fourth-order valence-corrected chi connectivity index (χ4v) is 2.92. The first-order chi connectivity index (χ1) is 9.99. The quantitative estimate of drug-likeness (QED) is 0.676. The van der Waals surface area contributed by atoms with Crippen LogP contribution in [-0.4, -0.2) is 31.4 Å². The Morgan fingerprint density at radius 2 is 2.24 bits per heavy atom. The van der Waals surface area contributed by atoms with Crippen LogP contribution in [0.25, 0.3) is 0 Å². The normalized spacial score (nSPS) is 10.9. The Morgan fingerprint density at radius 3 is 2.90 bits per heavy atom. The molecule has 2 heterocycles. The number of carbonyl (C=O) groups excluding carboxylic acids is 1. The van der Waals surface area contributed by atoms with Gasteiger partial charge >= 0.3 is 0 Å². The van der Waals surface area contributed by atoms with Crippen molar-refractivity contribution in [3.05, 3.63) is 29.3 Å². The zero-order valence-corrected chi connectivity index (χ0v) is 13.6. The molecule has 0 aliphatic carbocycles. The first-order valence-electron chi connectivity index (χ1n) is 6.43. The van der Waals surface area contributed by atoms with Crippen molar-refractivity contribution in [3.63, 3.8) is 0 Å². The maximum Gasteiger partial charge on any atom is 0.234 e. The van der Waals surface area contributed by atoms with Gasteiger partial charge in [-0.2, -0.15) is 0 Å². The van der Waals surface area contributed by atoms with E-state index in [0.717, 1.165) is 11.0 Å². The second kappa shape index (κ2) is 6.91. The number of thioether (sulfide) groups is 1. The van der Waals surface area contributed by atoms with E-state index in [-0.39, 0.29) is 22.9 Å². The molecule has 0 saturated heterocycles. The minimum Gasteiger partial charge on any atom is -0.323 e. The molecular formula is C13H16ClN5OS. The van der Waals surface area contributed by atoms with E-state index in [4.69, 9.17) is 11.6 Å². The van der Waals surface area contributed by atoms with Gasteiger partial charge in [0.15, 0.2) is 10.3 Å². The molecule has 0 aliphatic heterocycles. The molecule has 0 saturated carbocycles. The fourth-order valence-electron chi connectivity index (χ4n) is 1.84. The van der Waals surface area contributed by atoms with E-state index in [2.05, 4.69) is 34.3 Å². The van der Waals surface area contributed by atoms with Gasteiger partial charge in [0.25, 0.3) is 0 Å². The fraction of sp³-hybridized carbons (Fsp3) is 0.385. The molecule has 0 spiro atoms. The van der Waals surface area contributed by atoms with Crippen LogP contribution in [0.15, 0.2) is 23.5 Å². The molecule has 2 aromatic heterocycles. The van der Waals surface area contributed by atoms with Crippen LogP contribution in [0.4, 0.5) is 5.69 Å². The number of halogens is 1. The maximum absolute atomic E-state index is 12.0. The molecule has 1 amide bonds. The van der Waals surface area contributed by atoms with Crippen molar-refractivity contribution in [2.24, 2.45) is 0 Å². The number of aromatic nitrogens is 4. The second-order valence-electron chi connectivity index (χ2n) is 4.67. The zero-order valence-electron chi connectivity index (χ0n) is 12.0.